The average molecular weight is 240 g/mol. The second kappa shape index (κ2) is 4.47. The van der Waals surface area contributed by atoms with Gasteiger partial charge in [0.1, 0.15) is 5.01 Å². The third-order valence-electron chi connectivity index (χ3n) is 2.94. The zero-order valence-corrected chi connectivity index (χ0v) is 10.1. The van der Waals surface area contributed by atoms with Crippen LogP contribution in [0.5, 0.6) is 0 Å². The van der Waals surface area contributed by atoms with E-state index >= 15 is 0 Å². The zero-order chi connectivity index (χ0) is 11.6. The number of carbonyl (C=O) groups excluding carboxylic acids is 1. The number of anilines is 1. The fourth-order valence-electron chi connectivity index (χ4n) is 1.90. The Morgan fingerprint density at radius 3 is 2.75 bits per heavy atom. The van der Waals surface area contributed by atoms with Gasteiger partial charge in [0.25, 0.3) is 0 Å². The fourth-order valence-corrected chi connectivity index (χ4v) is 2.58. The van der Waals surface area contributed by atoms with Crippen molar-refractivity contribution in [1.82, 2.24) is 10.2 Å². The van der Waals surface area contributed by atoms with Crippen LogP contribution in [-0.4, -0.2) is 21.6 Å². The van der Waals surface area contributed by atoms with Crippen molar-refractivity contribution in [2.75, 3.05) is 5.32 Å². The number of aromatic nitrogens is 2. The minimum Gasteiger partial charge on any atom is -0.317 e. The van der Waals surface area contributed by atoms with E-state index in [1.807, 2.05) is 6.92 Å². The summed E-state index contributed by atoms with van der Waals surface area (Å²) in [6.07, 6.45) is 4.42. The maximum atomic E-state index is 11.9. The minimum atomic E-state index is -0.696. The van der Waals surface area contributed by atoms with Gasteiger partial charge in [0.05, 0.1) is 5.54 Å². The van der Waals surface area contributed by atoms with Gasteiger partial charge in [-0.3, -0.25) is 10.1 Å². The van der Waals surface area contributed by atoms with E-state index in [2.05, 4.69) is 15.5 Å². The molecule has 5 nitrogen and oxygen atoms in total. The van der Waals surface area contributed by atoms with E-state index in [1.54, 1.807) is 0 Å². The number of nitrogens with two attached hydrogens (primary N) is 1. The molecule has 2 rings (SSSR count). The zero-order valence-electron chi connectivity index (χ0n) is 9.32. The molecular formula is C10H16N4OS. The van der Waals surface area contributed by atoms with Gasteiger partial charge in [-0.1, -0.05) is 31.1 Å². The molecule has 1 amide bonds. The number of aryl methyl sites for hydroxylation is 1. The Hall–Kier alpha value is -1.01. The number of hydrogen-bond donors (Lipinski definition) is 2. The Kier molecular flexibility index (Phi) is 3.20. The van der Waals surface area contributed by atoms with Gasteiger partial charge in [-0.25, -0.2) is 0 Å². The summed E-state index contributed by atoms with van der Waals surface area (Å²) in [5.74, 6) is -0.121. The Labute approximate surface area is 98.4 Å². The van der Waals surface area contributed by atoms with E-state index in [1.165, 1.54) is 11.3 Å². The first-order chi connectivity index (χ1) is 7.64. The van der Waals surface area contributed by atoms with Gasteiger partial charge in [0.2, 0.25) is 11.0 Å². The van der Waals surface area contributed by atoms with Crippen molar-refractivity contribution >= 4 is 22.4 Å². The van der Waals surface area contributed by atoms with Crippen LogP contribution in [0.1, 0.15) is 37.6 Å². The van der Waals surface area contributed by atoms with E-state index < -0.39 is 5.54 Å². The van der Waals surface area contributed by atoms with Crippen molar-refractivity contribution in [1.29, 1.82) is 0 Å². The van der Waals surface area contributed by atoms with Crippen LogP contribution in [0.3, 0.4) is 0 Å². The molecule has 1 aliphatic carbocycles. The van der Waals surface area contributed by atoms with Gasteiger partial charge < -0.3 is 5.73 Å². The van der Waals surface area contributed by atoms with Crippen molar-refractivity contribution in [2.24, 2.45) is 5.73 Å². The van der Waals surface area contributed by atoms with Crippen molar-refractivity contribution in [3.8, 4) is 0 Å². The number of nitrogens with zero attached hydrogens (tertiary/aromatic N) is 2. The lowest BCUT2D eigenvalue weighted by molar-refractivity contribution is -0.121. The Bertz CT molecular complexity index is 384. The molecule has 0 aliphatic heterocycles. The molecule has 0 spiro atoms. The lowest BCUT2D eigenvalue weighted by atomic mass is 9.98. The highest BCUT2D eigenvalue weighted by molar-refractivity contribution is 7.15. The molecule has 1 aliphatic rings. The lowest BCUT2D eigenvalue weighted by Crippen LogP contribution is -2.48. The molecule has 0 saturated heterocycles. The van der Waals surface area contributed by atoms with Crippen molar-refractivity contribution in [3.63, 3.8) is 0 Å². The van der Waals surface area contributed by atoms with E-state index in [9.17, 15) is 4.79 Å². The van der Waals surface area contributed by atoms with Crippen molar-refractivity contribution in [3.05, 3.63) is 5.01 Å². The quantitative estimate of drug-likeness (QED) is 0.834. The molecule has 1 fully saturated rings. The first-order valence-corrected chi connectivity index (χ1v) is 6.38. The minimum absolute atomic E-state index is 0.121. The van der Waals surface area contributed by atoms with Crippen LogP contribution < -0.4 is 11.1 Å². The topological polar surface area (TPSA) is 80.9 Å². The molecule has 1 heterocycles. The summed E-state index contributed by atoms with van der Waals surface area (Å²) in [5.41, 5.74) is 5.34. The molecule has 0 bridgehead atoms. The molecule has 1 aromatic heterocycles. The number of carbonyl (C=O) groups is 1. The van der Waals surface area contributed by atoms with E-state index in [0.717, 1.165) is 37.1 Å². The van der Waals surface area contributed by atoms with Gasteiger partial charge >= 0.3 is 0 Å². The predicted molar refractivity (Wildman–Crippen MR) is 63.3 cm³/mol. The average Bonchev–Trinajstić information content (AvgIpc) is 2.88. The molecule has 16 heavy (non-hydrogen) atoms. The maximum Gasteiger partial charge on any atom is 0.246 e. The normalized spacial score (nSPS) is 18.6. The molecule has 88 valence electrons. The molecule has 3 N–H and O–H groups in total. The van der Waals surface area contributed by atoms with Gasteiger partial charge in [0, 0.05) is 0 Å². The van der Waals surface area contributed by atoms with Crippen LogP contribution in [0.25, 0.3) is 0 Å². The molecule has 1 aromatic rings. The number of rotatable bonds is 3. The number of nitrogens with one attached hydrogen (secondary N) is 1. The van der Waals surface area contributed by atoms with E-state index in [4.69, 9.17) is 5.73 Å². The van der Waals surface area contributed by atoms with E-state index in [-0.39, 0.29) is 5.91 Å². The van der Waals surface area contributed by atoms with Gasteiger partial charge in [-0.05, 0) is 19.3 Å². The Morgan fingerprint density at radius 2 is 2.19 bits per heavy atom. The Morgan fingerprint density at radius 1 is 1.50 bits per heavy atom. The number of amides is 1. The standard InChI is InChI=1S/C10H16N4OS/c1-2-7-13-14-9(16-7)12-8(15)10(11)5-3-4-6-10/h2-6,11H2,1H3,(H,12,14,15). The first kappa shape index (κ1) is 11.5. The SMILES string of the molecule is CCc1nnc(NC(=O)C2(N)CCCC2)s1. The van der Waals surface area contributed by atoms with Crippen LogP contribution in [-0.2, 0) is 11.2 Å². The van der Waals surface area contributed by atoms with Crippen LogP contribution in [0, 0.1) is 0 Å². The predicted octanol–water partition coefficient (Wildman–Crippen LogP) is 1.31. The van der Waals surface area contributed by atoms with Crippen molar-refractivity contribution in [2.45, 2.75) is 44.6 Å². The third-order valence-corrected chi connectivity index (χ3v) is 3.92. The van der Waals surface area contributed by atoms with Crippen LogP contribution >= 0.6 is 11.3 Å². The summed E-state index contributed by atoms with van der Waals surface area (Å²) in [4.78, 5) is 11.9. The number of hydrogen-bond acceptors (Lipinski definition) is 5. The fraction of sp³-hybridized carbons (Fsp3) is 0.700. The lowest BCUT2D eigenvalue weighted by Gasteiger charge is -2.20. The highest BCUT2D eigenvalue weighted by Crippen LogP contribution is 2.28. The highest BCUT2D eigenvalue weighted by Gasteiger charge is 2.37. The molecular weight excluding hydrogens is 224 g/mol. The second-order valence-corrected chi connectivity index (χ2v) is 5.23. The Balaban J connectivity index is 2.01. The molecule has 0 radical (unpaired) electrons. The summed E-state index contributed by atoms with van der Waals surface area (Å²) in [7, 11) is 0. The smallest absolute Gasteiger partial charge is 0.246 e. The summed E-state index contributed by atoms with van der Waals surface area (Å²) < 4.78 is 0. The summed E-state index contributed by atoms with van der Waals surface area (Å²) in [6.45, 7) is 2.01. The third kappa shape index (κ3) is 2.22. The highest BCUT2D eigenvalue weighted by atomic mass is 32.1. The summed E-state index contributed by atoms with van der Waals surface area (Å²) in [6, 6.07) is 0. The second-order valence-electron chi connectivity index (χ2n) is 4.17. The molecule has 0 atom stereocenters. The van der Waals surface area contributed by atoms with Crippen molar-refractivity contribution < 1.29 is 4.79 Å². The van der Waals surface area contributed by atoms with Crippen LogP contribution in [0.15, 0.2) is 0 Å². The van der Waals surface area contributed by atoms with E-state index in [0.29, 0.717) is 5.13 Å². The van der Waals surface area contributed by atoms with Crippen LogP contribution in [0.4, 0.5) is 5.13 Å². The largest absolute Gasteiger partial charge is 0.317 e. The maximum absolute atomic E-state index is 11.9. The first-order valence-electron chi connectivity index (χ1n) is 5.57. The molecule has 6 heteroatoms. The molecule has 0 aromatic carbocycles. The van der Waals surface area contributed by atoms with Gasteiger partial charge in [-0.15, -0.1) is 10.2 Å². The summed E-state index contributed by atoms with van der Waals surface area (Å²) >= 11 is 1.41. The molecule has 1 saturated carbocycles. The van der Waals surface area contributed by atoms with Crippen LogP contribution in [0.2, 0.25) is 0 Å². The summed E-state index contributed by atoms with van der Waals surface area (Å²) in [5, 5.41) is 12.1. The van der Waals surface area contributed by atoms with Gasteiger partial charge in [0.15, 0.2) is 0 Å². The molecule has 0 unspecified atom stereocenters. The van der Waals surface area contributed by atoms with Gasteiger partial charge in [-0.2, -0.15) is 0 Å². The monoisotopic (exact) mass is 240 g/mol.